The summed E-state index contributed by atoms with van der Waals surface area (Å²) in [6.45, 7) is 0. The highest BCUT2D eigenvalue weighted by molar-refractivity contribution is 5.59. The second-order valence-electron chi connectivity index (χ2n) is 7.20. The third-order valence-electron chi connectivity index (χ3n) is 5.23. The molecule has 0 radical (unpaired) electrons. The number of para-hydroxylation sites is 1. The van der Waals surface area contributed by atoms with Crippen molar-refractivity contribution in [3.05, 3.63) is 95.3 Å². The molecule has 0 saturated carbocycles. The fourth-order valence-corrected chi connectivity index (χ4v) is 3.62. The standard InChI is InChI=1S/C24H19FN6O3/c1-33-21-15-29(19-9-8-17(14-18(19)25)31-22(34-2)11-13-27-31)28-23(24(21)32)20-10-12-26-30(20)16-6-4-3-5-7-16/h3-15H,1-2H3. The lowest BCUT2D eigenvalue weighted by Crippen LogP contribution is -2.18. The number of hydrogen-bond acceptors (Lipinski definition) is 6. The summed E-state index contributed by atoms with van der Waals surface area (Å²) >= 11 is 0. The molecule has 0 unspecified atom stereocenters. The maximum atomic E-state index is 15.2. The summed E-state index contributed by atoms with van der Waals surface area (Å²) in [6, 6.07) is 17.2. The molecule has 0 spiro atoms. The van der Waals surface area contributed by atoms with E-state index in [2.05, 4.69) is 15.3 Å². The molecule has 170 valence electrons. The highest BCUT2D eigenvalue weighted by atomic mass is 19.1. The largest absolute Gasteiger partial charge is 0.491 e. The lowest BCUT2D eigenvalue weighted by molar-refractivity contribution is 0.383. The average molecular weight is 458 g/mol. The van der Waals surface area contributed by atoms with Crippen LogP contribution in [0.1, 0.15) is 0 Å². The van der Waals surface area contributed by atoms with Crippen molar-refractivity contribution in [1.82, 2.24) is 29.3 Å². The molecule has 0 saturated heterocycles. The van der Waals surface area contributed by atoms with Gasteiger partial charge < -0.3 is 9.47 Å². The van der Waals surface area contributed by atoms with Crippen molar-refractivity contribution < 1.29 is 13.9 Å². The van der Waals surface area contributed by atoms with Crippen molar-refractivity contribution in [3.8, 4) is 40.1 Å². The van der Waals surface area contributed by atoms with Gasteiger partial charge in [0.1, 0.15) is 5.69 Å². The molecule has 0 atom stereocenters. The molecule has 2 aromatic carbocycles. The molecule has 5 aromatic rings. The number of methoxy groups -OCH3 is 2. The molecule has 0 aliphatic rings. The fourth-order valence-electron chi connectivity index (χ4n) is 3.62. The molecule has 0 aliphatic carbocycles. The van der Waals surface area contributed by atoms with E-state index in [1.165, 1.54) is 35.8 Å². The van der Waals surface area contributed by atoms with Crippen molar-refractivity contribution in [2.75, 3.05) is 14.2 Å². The number of aromatic nitrogens is 6. The minimum absolute atomic E-state index is 0.0167. The van der Waals surface area contributed by atoms with Gasteiger partial charge in [-0.15, -0.1) is 0 Å². The van der Waals surface area contributed by atoms with Gasteiger partial charge in [-0.25, -0.2) is 18.4 Å². The zero-order valence-electron chi connectivity index (χ0n) is 18.3. The summed E-state index contributed by atoms with van der Waals surface area (Å²) < 4.78 is 30.1. The normalized spacial score (nSPS) is 10.9. The van der Waals surface area contributed by atoms with E-state index in [1.54, 1.807) is 41.3 Å². The lowest BCUT2D eigenvalue weighted by Gasteiger charge is -2.13. The van der Waals surface area contributed by atoms with Crippen LogP contribution in [0.15, 0.2) is 84.0 Å². The van der Waals surface area contributed by atoms with Gasteiger partial charge in [0.05, 0.1) is 49.9 Å². The van der Waals surface area contributed by atoms with Crippen molar-refractivity contribution in [1.29, 1.82) is 0 Å². The molecule has 0 aliphatic heterocycles. The lowest BCUT2D eigenvalue weighted by atomic mass is 10.2. The van der Waals surface area contributed by atoms with Gasteiger partial charge in [-0.2, -0.15) is 15.3 Å². The number of benzene rings is 2. The first-order valence-corrected chi connectivity index (χ1v) is 10.3. The Hall–Kier alpha value is -4.73. The van der Waals surface area contributed by atoms with E-state index >= 15 is 4.39 Å². The topological polar surface area (TPSA) is 89.0 Å². The van der Waals surface area contributed by atoms with Crippen molar-refractivity contribution in [2.24, 2.45) is 0 Å². The molecule has 34 heavy (non-hydrogen) atoms. The van der Waals surface area contributed by atoms with Crippen LogP contribution in [0.25, 0.3) is 28.5 Å². The van der Waals surface area contributed by atoms with Crippen LogP contribution in [0.3, 0.4) is 0 Å². The molecule has 0 fully saturated rings. The number of rotatable bonds is 6. The third kappa shape index (κ3) is 3.60. The molecule has 0 N–H and O–H groups in total. The summed E-state index contributed by atoms with van der Waals surface area (Å²) in [5.41, 5.74) is 1.43. The summed E-state index contributed by atoms with van der Waals surface area (Å²) in [6.07, 6.45) is 4.47. The van der Waals surface area contributed by atoms with Crippen LogP contribution in [-0.4, -0.2) is 43.6 Å². The Kier molecular flexibility index (Phi) is 5.38. The predicted molar refractivity (Wildman–Crippen MR) is 123 cm³/mol. The Morgan fingerprint density at radius 1 is 0.853 bits per heavy atom. The van der Waals surface area contributed by atoms with Gasteiger partial charge in [-0.1, -0.05) is 18.2 Å². The minimum Gasteiger partial charge on any atom is -0.491 e. The predicted octanol–water partition coefficient (Wildman–Crippen LogP) is 3.43. The second kappa shape index (κ2) is 8.66. The van der Waals surface area contributed by atoms with Crippen LogP contribution in [-0.2, 0) is 0 Å². The van der Waals surface area contributed by atoms with Crippen molar-refractivity contribution >= 4 is 0 Å². The molecular weight excluding hydrogens is 439 g/mol. The van der Waals surface area contributed by atoms with Gasteiger partial charge >= 0.3 is 0 Å². The van der Waals surface area contributed by atoms with Crippen molar-refractivity contribution in [2.45, 2.75) is 0 Å². The van der Waals surface area contributed by atoms with Gasteiger partial charge in [0.25, 0.3) is 5.43 Å². The van der Waals surface area contributed by atoms with Crippen LogP contribution in [0.2, 0.25) is 0 Å². The van der Waals surface area contributed by atoms with Gasteiger partial charge in [-0.05, 0) is 30.3 Å². The molecular formula is C24H19FN6O3. The molecule has 0 bridgehead atoms. The maximum Gasteiger partial charge on any atom is 0.251 e. The first kappa shape index (κ1) is 21.1. The molecule has 3 heterocycles. The van der Waals surface area contributed by atoms with E-state index < -0.39 is 11.2 Å². The highest BCUT2D eigenvalue weighted by Gasteiger charge is 2.19. The third-order valence-corrected chi connectivity index (χ3v) is 5.23. The Bertz CT molecular complexity index is 1520. The zero-order valence-corrected chi connectivity index (χ0v) is 18.3. The second-order valence-corrected chi connectivity index (χ2v) is 7.20. The number of hydrogen-bond donors (Lipinski definition) is 0. The number of ether oxygens (including phenoxy) is 2. The van der Waals surface area contributed by atoms with Crippen molar-refractivity contribution in [3.63, 3.8) is 0 Å². The molecule has 10 heteroatoms. The van der Waals surface area contributed by atoms with Gasteiger partial charge in [0.2, 0.25) is 5.88 Å². The quantitative estimate of drug-likeness (QED) is 0.387. The number of nitrogens with zero attached hydrogens (tertiary/aromatic N) is 6. The molecule has 0 amide bonds. The SMILES string of the molecule is COc1cn(-c2ccc(-n3nccc3OC)cc2F)nc(-c2ccnn2-c2ccccc2)c1=O. The van der Waals surface area contributed by atoms with Gasteiger partial charge in [0.15, 0.2) is 17.3 Å². The zero-order chi connectivity index (χ0) is 23.7. The van der Waals surface area contributed by atoms with Gasteiger partial charge in [-0.3, -0.25) is 4.79 Å². The van der Waals surface area contributed by atoms with E-state index in [4.69, 9.17) is 9.47 Å². The smallest absolute Gasteiger partial charge is 0.251 e. The minimum atomic E-state index is -0.573. The van der Waals surface area contributed by atoms with Crippen LogP contribution in [0, 0.1) is 5.82 Å². The van der Waals surface area contributed by atoms with E-state index in [0.717, 1.165) is 5.69 Å². The number of halogens is 1. The van der Waals surface area contributed by atoms with Crippen LogP contribution >= 0.6 is 0 Å². The van der Waals surface area contributed by atoms with E-state index in [1.807, 2.05) is 30.3 Å². The molecule has 5 rings (SSSR count). The van der Waals surface area contributed by atoms with Crippen LogP contribution in [0.4, 0.5) is 4.39 Å². The van der Waals surface area contributed by atoms with E-state index in [-0.39, 0.29) is 17.1 Å². The summed E-state index contributed by atoms with van der Waals surface area (Å²) in [4.78, 5) is 13.1. The fraction of sp³-hybridized carbons (Fsp3) is 0.0833. The summed E-state index contributed by atoms with van der Waals surface area (Å²) in [7, 11) is 2.89. The Labute approximate surface area is 193 Å². The monoisotopic (exact) mass is 458 g/mol. The maximum absolute atomic E-state index is 15.2. The summed E-state index contributed by atoms with van der Waals surface area (Å²) in [5, 5.41) is 12.9. The van der Waals surface area contributed by atoms with Crippen LogP contribution in [0.5, 0.6) is 11.6 Å². The summed E-state index contributed by atoms with van der Waals surface area (Å²) in [5.74, 6) is -0.0921. The molecule has 3 aromatic heterocycles. The molecule has 9 nitrogen and oxygen atoms in total. The highest BCUT2D eigenvalue weighted by Crippen LogP contribution is 2.24. The van der Waals surface area contributed by atoms with Gasteiger partial charge in [0, 0.05) is 12.1 Å². The Morgan fingerprint density at radius 3 is 2.35 bits per heavy atom. The Morgan fingerprint density at radius 2 is 1.62 bits per heavy atom. The Balaban J connectivity index is 1.64. The average Bonchev–Trinajstić information content (AvgIpc) is 3.54. The first-order valence-electron chi connectivity index (χ1n) is 10.3. The van der Waals surface area contributed by atoms with E-state index in [9.17, 15) is 4.79 Å². The first-order chi connectivity index (χ1) is 16.6. The van der Waals surface area contributed by atoms with Crippen LogP contribution < -0.4 is 14.9 Å². The van der Waals surface area contributed by atoms with E-state index in [0.29, 0.717) is 17.3 Å².